The fourth-order valence-electron chi connectivity index (χ4n) is 2.83. The largest absolute Gasteiger partial charge is 0.393 e. The number of aliphatic hydroxyl groups is 1. The molecule has 22 heavy (non-hydrogen) atoms. The molecule has 2 unspecified atom stereocenters. The fourth-order valence-corrected chi connectivity index (χ4v) is 2.83. The van der Waals surface area contributed by atoms with Gasteiger partial charge in [0.1, 0.15) is 5.82 Å². The van der Waals surface area contributed by atoms with Gasteiger partial charge in [-0.1, -0.05) is 26.7 Å². The second-order valence-electron chi connectivity index (χ2n) is 6.84. The van der Waals surface area contributed by atoms with Crippen LogP contribution in [-0.4, -0.2) is 53.9 Å². The van der Waals surface area contributed by atoms with Crippen LogP contribution in [0.25, 0.3) is 0 Å². The maximum absolute atomic E-state index is 10.2. The highest BCUT2D eigenvalue weighted by Crippen LogP contribution is 2.26. The second-order valence-corrected chi connectivity index (χ2v) is 6.84. The molecule has 1 aromatic rings. The first-order valence-electron chi connectivity index (χ1n) is 8.21. The third-order valence-corrected chi connectivity index (χ3v) is 4.26. The SMILES string of the molecule is CC(C)c1nc(N(C)C)nc(N(C)CC2CCCCC2O)n1. The molecule has 0 aromatic carbocycles. The predicted molar refractivity (Wildman–Crippen MR) is 89.5 cm³/mol. The summed E-state index contributed by atoms with van der Waals surface area (Å²) >= 11 is 0. The second kappa shape index (κ2) is 7.22. The van der Waals surface area contributed by atoms with E-state index in [2.05, 4.69) is 33.7 Å². The lowest BCUT2D eigenvalue weighted by atomic mass is 9.86. The fraction of sp³-hybridized carbons (Fsp3) is 0.812. The summed E-state index contributed by atoms with van der Waals surface area (Å²) in [5.74, 6) is 2.75. The molecule has 1 heterocycles. The van der Waals surface area contributed by atoms with Gasteiger partial charge in [-0.25, -0.2) is 0 Å². The highest BCUT2D eigenvalue weighted by Gasteiger charge is 2.25. The molecule has 1 N–H and O–H groups in total. The lowest BCUT2D eigenvalue weighted by molar-refractivity contribution is 0.0735. The van der Waals surface area contributed by atoms with Gasteiger partial charge in [-0.3, -0.25) is 0 Å². The van der Waals surface area contributed by atoms with E-state index in [0.717, 1.165) is 31.6 Å². The molecule has 1 aliphatic rings. The highest BCUT2D eigenvalue weighted by molar-refractivity contribution is 5.38. The smallest absolute Gasteiger partial charge is 0.230 e. The highest BCUT2D eigenvalue weighted by atomic mass is 16.3. The monoisotopic (exact) mass is 307 g/mol. The molecule has 6 heteroatoms. The zero-order chi connectivity index (χ0) is 16.3. The number of hydrogen-bond acceptors (Lipinski definition) is 6. The summed E-state index contributed by atoms with van der Waals surface area (Å²) in [6.07, 6.45) is 4.13. The molecule has 0 amide bonds. The lowest BCUT2D eigenvalue weighted by Crippen LogP contribution is -2.36. The molecule has 0 bridgehead atoms. The van der Waals surface area contributed by atoms with Crippen LogP contribution in [0.4, 0.5) is 11.9 Å². The van der Waals surface area contributed by atoms with Crippen LogP contribution in [-0.2, 0) is 0 Å². The van der Waals surface area contributed by atoms with Crippen molar-refractivity contribution in [2.45, 2.75) is 51.6 Å². The molecule has 0 radical (unpaired) electrons. The van der Waals surface area contributed by atoms with Crippen LogP contribution in [0, 0.1) is 5.92 Å². The van der Waals surface area contributed by atoms with Crippen molar-refractivity contribution in [3.05, 3.63) is 5.82 Å². The first-order valence-corrected chi connectivity index (χ1v) is 8.21. The average molecular weight is 307 g/mol. The quantitative estimate of drug-likeness (QED) is 0.898. The molecule has 0 saturated heterocycles. The minimum absolute atomic E-state index is 0.198. The molecular weight excluding hydrogens is 278 g/mol. The van der Waals surface area contributed by atoms with Crippen molar-refractivity contribution in [3.63, 3.8) is 0 Å². The molecule has 1 fully saturated rings. The van der Waals surface area contributed by atoms with Crippen molar-refractivity contribution >= 4 is 11.9 Å². The summed E-state index contributed by atoms with van der Waals surface area (Å²) in [6.45, 7) is 4.96. The van der Waals surface area contributed by atoms with Crippen molar-refractivity contribution in [2.75, 3.05) is 37.5 Å². The third-order valence-electron chi connectivity index (χ3n) is 4.26. The van der Waals surface area contributed by atoms with Crippen LogP contribution in [0.2, 0.25) is 0 Å². The Balaban J connectivity index is 2.18. The van der Waals surface area contributed by atoms with E-state index in [4.69, 9.17) is 0 Å². The normalized spacial score (nSPS) is 22.0. The molecule has 124 valence electrons. The van der Waals surface area contributed by atoms with Crippen LogP contribution < -0.4 is 9.80 Å². The van der Waals surface area contributed by atoms with Gasteiger partial charge in [-0.15, -0.1) is 0 Å². The first-order chi connectivity index (χ1) is 10.4. The van der Waals surface area contributed by atoms with Crippen molar-refractivity contribution in [3.8, 4) is 0 Å². The third kappa shape index (κ3) is 4.06. The van der Waals surface area contributed by atoms with E-state index in [9.17, 15) is 5.11 Å². The Morgan fingerprint density at radius 1 is 1.05 bits per heavy atom. The van der Waals surface area contributed by atoms with E-state index in [-0.39, 0.29) is 12.0 Å². The number of anilines is 2. The minimum atomic E-state index is -0.198. The summed E-state index contributed by atoms with van der Waals surface area (Å²) in [5, 5.41) is 10.2. The maximum atomic E-state index is 10.2. The Kier molecular flexibility index (Phi) is 5.56. The van der Waals surface area contributed by atoms with Crippen molar-refractivity contribution in [1.82, 2.24) is 15.0 Å². The molecule has 1 aromatic heterocycles. The summed E-state index contributed by atoms with van der Waals surface area (Å²) in [7, 11) is 5.88. The van der Waals surface area contributed by atoms with E-state index < -0.39 is 0 Å². The van der Waals surface area contributed by atoms with Gasteiger partial charge in [0, 0.05) is 39.5 Å². The van der Waals surface area contributed by atoms with Gasteiger partial charge in [0.05, 0.1) is 6.10 Å². The van der Waals surface area contributed by atoms with Crippen molar-refractivity contribution < 1.29 is 5.11 Å². The van der Waals surface area contributed by atoms with Crippen LogP contribution in [0.5, 0.6) is 0 Å². The van der Waals surface area contributed by atoms with Crippen LogP contribution in [0.1, 0.15) is 51.3 Å². The Bertz CT molecular complexity index is 465. The van der Waals surface area contributed by atoms with Gasteiger partial charge in [-0.2, -0.15) is 15.0 Å². The predicted octanol–water partition coefficient (Wildman–Crippen LogP) is 2.05. The van der Waals surface area contributed by atoms with Gasteiger partial charge in [0.15, 0.2) is 0 Å². The molecule has 6 nitrogen and oxygen atoms in total. The number of rotatable bonds is 5. The van der Waals surface area contributed by atoms with Gasteiger partial charge in [0.25, 0.3) is 0 Å². The molecule has 2 rings (SSSR count). The summed E-state index contributed by atoms with van der Waals surface area (Å²) in [6, 6.07) is 0. The standard InChI is InChI=1S/C16H29N5O/c1-11(2)14-17-15(20(3)4)19-16(18-14)21(5)10-12-8-6-7-9-13(12)22/h11-13,22H,6-10H2,1-5H3. The van der Waals surface area contributed by atoms with Crippen LogP contribution in [0.15, 0.2) is 0 Å². The summed E-state index contributed by atoms with van der Waals surface area (Å²) in [4.78, 5) is 17.6. The lowest BCUT2D eigenvalue weighted by Gasteiger charge is -2.31. The van der Waals surface area contributed by atoms with Crippen LogP contribution >= 0.6 is 0 Å². The Labute approximate surface area is 133 Å². The molecule has 2 atom stereocenters. The van der Waals surface area contributed by atoms with E-state index in [1.807, 2.05) is 26.0 Å². The molecular formula is C16H29N5O. The molecule has 1 saturated carbocycles. The van der Waals surface area contributed by atoms with E-state index >= 15 is 0 Å². The first kappa shape index (κ1) is 16.9. The average Bonchev–Trinajstić information content (AvgIpc) is 2.49. The Morgan fingerprint density at radius 3 is 2.27 bits per heavy atom. The zero-order valence-electron chi connectivity index (χ0n) is 14.5. The van der Waals surface area contributed by atoms with E-state index in [0.29, 0.717) is 17.8 Å². The van der Waals surface area contributed by atoms with Gasteiger partial charge >= 0.3 is 0 Å². The number of aliphatic hydroxyl groups excluding tert-OH is 1. The molecule has 0 aliphatic heterocycles. The van der Waals surface area contributed by atoms with Crippen molar-refractivity contribution in [1.29, 1.82) is 0 Å². The van der Waals surface area contributed by atoms with Gasteiger partial charge in [0.2, 0.25) is 11.9 Å². The van der Waals surface area contributed by atoms with Crippen molar-refractivity contribution in [2.24, 2.45) is 5.92 Å². The van der Waals surface area contributed by atoms with Gasteiger partial charge in [-0.05, 0) is 12.8 Å². The van der Waals surface area contributed by atoms with Gasteiger partial charge < -0.3 is 14.9 Å². The molecule has 0 spiro atoms. The Hall–Kier alpha value is -1.43. The Morgan fingerprint density at radius 2 is 1.68 bits per heavy atom. The van der Waals surface area contributed by atoms with Crippen LogP contribution in [0.3, 0.4) is 0 Å². The maximum Gasteiger partial charge on any atom is 0.230 e. The minimum Gasteiger partial charge on any atom is -0.393 e. The number of nitrogens with zero attached hydrogens (tertiary/aromatic N) is 5. The topological polar surface area (TPSA) is 65.4 Å². The molecule has 1 aliphatic carbocycles. The zero-order valence-corrected chi connectivity index (χ0v) is 14.5. The summed E-state index contributed by atoms with van der Waals surface area (Å²) < 4.78 is 0. The van der Waals surface area contributed by atoms with E-state index in [1.54, 1.807) is 0 Å². The summed E-state index contributed by atoms with van der Waals surface area (Å²) in [5.41, 5.74) is 0. The number of aromatic nitrogens is 3. The number of hydrogen-bond donors (Lipinski definition) is 1. The van der Waals surface area contributed by atoms with E-state index in [1.165, 1.54) is 6.42 Å².